The van der Waals surface area contributed by atoms with E-state index < -0.39 is 105 Å². The Balaban J connectivity index is -0.0000000250. The molecular formula is C18H38O51. The van der Waals surface area contributed by atoms with Crippen LogP contribution in [0.3, 0.4) is 0 Å². The van der Waals surface area contributed by atoms with Gasteiger partial charge in [0.05, 0.1) is 0 Å². The first-order valence-electron chi connectivity index (χ1n) is 11.1. The summed E-state index contributed by atoms with van der Waals surface area (Å²) in [5.74, 6) is 0. The Labute approximate surface area is 368 Å². The molecule has 0 aromatic heterocycles. The second-order valence-electron chi connectivity index (χ2n) is 4.80. The summed E-state index contributed by atoms with van der Waals surface area (Å²) in [6.45, 7) is 0. The van der Waals surface area contributed by atoms with E-state index in [1.165, 1.54) is 0 Å². The van der Waals surface area contributed by atoms with Gasteiger partial charge < -0.3 is 174 Å². The van der Waals surface area contributed by atoms with Crippen molar-refractivity contribution >= 4 is 105 Å². The van der Waals surface area contributed by atoms with Gasteiger partial charge in [0.1, 0.15) is 0 Å². The number of hydrogen-bond acceptors (Lipinski definition) is 17. The third-order valence-corrected chi connectivity index (χ3v) is 0. The minimum Gasteiger partial charge on any atom is -0.450 e. The molecule has 0 aliphatic heterocycles. The quantitative estimate of drug-likeness (QED) is 0.160. The summed E-state index contributed by atoms with van der Waals surface area (Å²) in [4.78, 5) is 145. The predicted molar refractivity (Wildman–Crippen MR) is 188 cm³/mol. The van der Waals surface area contributed by atoms with E-state index >= 15 is 0 Å². The number of hydrogen-bond donors (Lipinski definition) is 34. The molecule has 0 unspecified atom stereocenters. The molecule has 34 N–H and O–H groups in total. The molecule has 69 heavy (non-hydrogen) atoms. The van der Waals surface area contributed by atoms with Gasteiger partial charge in [-0.2, -0.15) is 0 Å². The normalized spacial score (nSPS) is 5.91. The summed E-state index contributed by atoms with van der Waals surface area (Å²) in [5.41, 5.74) is 0. The highest BCUT2D eigenvalue weighted by Gasteiger charge is 1.75. The van der Waals surface area contributed by atoms with Gasteiger partial charge in [0.15, 0.2) is 0 Å². The summed E-state index contributed by atoms with van der Waals surface area (Å²) in [7, 11) is 0. The standard InChI is InChI=1S/17CH2O3.CH4/c17*2-1(3)4;/h17*(H2,2,3,4);1H4. The SMILES string of the molecule is C.O=C(O)O.O=C(O)O.O=C(O)O.O=C(O)O.O=C(O)O.O=C(O)O.O=C(O)O.O=C(O)O.O=C(O)O.O=C(O)O.O=C(O)O.O=C(O)O.O=C(O)O.O=C(O)O.O=C(O)O.O=C(O)O.O=C(O)O. The van der Waals surface area contributed by atoms with Crippen molar-refractivity contribution in [2.24, 2.45) is 0 Å². The van der Waals surface area contributed by atoms with E-state index in [2.05, 4.69) is 0 Å². The molecule has 0 atom stereocenters. The summed E-state index contributed by atoms with van der Waals surface area (Å²) in [6.07, 6.45) is -31.2. The van der Waals surface area contributed by atoms with Crippen LogP contribution in [0.1, 0.15) is 7.43 Å². The summed E-state index contributed by atoms with van der Waals surface area (Å²) >= 11 is 0. The van der Waals surface area contributed by atoms with Gasteiger partial charge in [-0.3, -0.25) is 0 Å². The van der Waals surface area contributed by atoms with Crippen LogP contribution in [-0.4, -0.2) is 278 Å². The zero-order chi connectivity index (χ0) is 60.8. The molecule has 416 valence electrons. The Kier molecular flexibility index (Phi) is 189. The van der Waals surface area contributed by atoms with Gasteiger partial charge in [-0.25, -0.2) is 81.5 Å². The van der Waals surface area contributed by atoms with Crippen molar-refractivity contribution in [1.29, 1.82) is 0 Å². The zero-order valence-corrected chi connectivity index (χ0v) is 30.6. The second kappa shape index (κ2) is 111. The van der Waals surface area contributed by atoms with Crippen LogP contribution in [0.5, 0.6) is 0 Å². The second-order valence-corrected chi connectivity index (χ2v) is 4.80. The van der Waals surface area contributed by atoms with Gasteiger partial charge in [0.2, 0.25) is 0 Å². The van der Waals surface area contributed by atoms with Crippen LogP contribution in [0.2, 0.25) is 0 Å². The van der Waals surface area contributed by atoms with Crippen molar-refractivity contribution in [3.8, 4) is 0 Å². The number of rotatable bonds is 0. The molecule has 0 aromatic rings. The van der Waals surface area contributed by atoms with Crippen LogP contribution in [0.25, 0.3) is 0 Å². The molecule has 0 fully saturated rings. The summed E-state index contributed by atoms with van der Waals surface area (Å²) < 4.78 is 0. The van der Waals surface area contributed by atoms with E-state index in [9.17, 15) is 0 Å². The van der Waals surface area contributed by atoms with Gasteiger partial charge in [-0.1, -0.05) is 7.43 Å². The molecule has 51 heteroatoms. The highest BCUT2D eigenvalue weighted by atomic mass is 16.6. The van der Waals surface area contributed by atoms with Gasteiger partial charge >= 0.3 is 105 Å². The molecular weight excluding hydrogens is 1030 g/mol. The highest BCUT2D eigenvalue weighted by Crippen LogP contribution is 1.48. The fourth-order valence-corrected chi connectivity index (χ4v) is 0. The maximum absolute atomic E-state index is 8.56. The predicted octanol–water partition coefficient (Wildman–Crippen LogP) is 4.42. The minimum absolute atomic E-state index is 0. The number of carbonyl (C=O) groups is 17. The maximum Gasteiger partial charge on any atom is 0.503 e. The summed E-state index contributed by atoms with van der Waals surface area (Å²) in [6, 6.07) is 0. The average molecular weight is 1070 g/mol. The Morgan fingerprint density at radius 3 is 0.101 bits per heavy atom. The van der Waals surface area contributed by atoms with Gasteiger partial charge in [-0.15, -0.1) is 0 Å². The molecule has 0 aromatic carbocycles. The maximum atomic E-state index is 8.56. The molecule has 0 heterocycles. The highest BCUT2D eigenvalue weighted by molar-refractivity contribution is 5.56. The van der Waals surface area contributed by atoms with Crippen molar-refractivity contribution in [1.82, 2.24) is 0 Å². The van der Waals surface area contributed by atoms with Crippen molar-refractivity contribution in [2.75, 3.05) is 0 Å². The minimum atomic E-state index is -1.83. The fraction of sp³-hybridized carbons (Fsp3) is 0.0556. The van der Waals surface area contributed by atoms with E-state index in [0.717, 1.165) is 0 Å². The first-order chi connectivity index (χ1) is 29.4. The van der Waals surface area contributed by atoms with Crippen molar-refractivity contribution in [3.63, 3.8) is 0 Å². The van der Waals surface area contributed by atoms with Gasteiger partial charge in [0, 0.05) is 0 Å². The Bertz CT molecular complexity index is 865. The molecule has 0 aliphatic carbocycles. The molecule has 0 aliphatic rings. The molecule has 51 nitrogen and oxygen atoms in total. The average Bonchev–Trinajstić information content (AvgIpc) is 2.87. The topological polar surface area (TPSA) is 978 Å². The smallest absolute Gasteiger partial charge is 0.450 e. The lowest BCUT2D eigenvalue weighted by atomic mass is 11.5. The van der Waals surface area contributed by atoms with E-state index in [1.807, 2.05) is 0 Å². The fourth-order valence-electron chi connectivity index (χ4n) is 0. The van der Waals surface area contributed by atoms with Gasteiger partial charge in [0.25, 0.3) is 0 Å². The van der Waals surface area contributed by atoms with Crippen LogP contribution in [0.4, 0.5) is 81.5 Å². The van der Waals surface area contributed by atoms with Crippen LogP contribution < -0.4 is 0 Å². The van der Waals surface area contributed by atoms with Crippen LogP contribution in [-0.2, 0) is 0 Å². The molecule has 0 radical (unpaired) electrons. The largest absolute Gasteiger partial charge is 0.503 e. The van der Waals surface area contributed by atoms with Crippen LogP contribution in [0.15, 0.2) is 0 Å². The van der Waals surface area contributed by atoms with Crippen molar-refractivity contribution < 1.29 is 255 Å². The molecule has 0 saturated carbocycles. The van der Waals surface area contributed by atoms with Gasteiger partial charge in [-0.05, 0) is 0 Å². The third kappa shape index (κ3) is 1040. The van der Waals surface area contributed by atoms with E-state index in [-0.39, 0.29) is 7.43 Å². The first kappa shape index (κ1) is 117. The lowest BCUT2D eigenvalue weighted by Gasteiger charge is -1.60. The molecule has 0 spiro atoms. The Morgan fingerprint density at radius 2 is 0.101 bits per heavy atom. The zero-order valence-electron chi connectivity index (χ0n) is 30.6. The van der Waals surface area contributed by atoms with E-state index in [0.29, 0.717) is 0 Å². The Hall–Kier alpha value is -12.4. The summed E-state index contributed by atoms with van der Waals surface area (Å²) in [5, 5.41) is 237. The monoisotopic (exact) mass is 1070 g/mol. The van der Waals surface area contributed by atoms with E-state index in [4.69, 9.17) is 255 Å². The van der Waals surface area contributed by atoms with Crippen molar-refractivity contribution in [2.45, 2.75) is 7.43 Å². The Morgan fingerprint density at radius 1 is 0.101 bits per heavy atom. The number of carboxylic acid groups (broad SMARTS) is 34. The molecule has 0 amide bonds. The van der Waals surface area contributed by atoms with Crippen molar-refractivity contribution in [3.05, 3.63) is 0 Å². The molecule has 0 saturated heterocycles. The lowest BCUT2D eigenvalue weighted by molar-refractivity contribution is 0.135. The van der Waals surface area contributed by atoms with Crippen LogP contribution in [0, 0.1) is 0 Å². The van der Waals surface area contributed by atoms with E-state index in [1.54, 1.807) is 0 Å². The lowest BCUT2D eigenvalue weighted by Crippen LogP contribution is -1.81. The van der Waals surface area contributed by atoms with Crippen LogP contribution >= 0.6 is 0 Å². The molecule has 0 bridgehead atoms. The third-order valence-electron chi connectivity index (χ3n) is 0. The molecule has 0 rings (SSSR count). The first-order valence-corrected chi connectivity index (χ1v) is 11.1.